The summed E-state index contributed by atoms with van der Waals surface area (Å²) in [6.07, 6.45) is 0. The first kappa shape index (κ1) is 38.5. The quantitative estimate of drug-likeness (QED) is 0.158. The van der Waals surface area contributed by atoms with E-state index in [-0.39, 0.29) is 43.9 Å². The van der Waals surface area contributed by atoms with E-state index in [1.54, 1.807) is 121 Å². The second-order valence-corrected chi connectivity index (χ2v) is 17.9. The first-order valence-electron chi connectivity index (χ1n) is 17.3. The summed E-state index contributed by atoms with van der Waals surface area (Å²) in [6, 6.07) is 42.1. The minimum absolute atomic E-state index is 0.00515. The molecular formula is C40H28N6O10S3. The standard InChI is InChI=1S/C40H28N6O10S3/c47-39-37(58(51,52)45(31-13-5-1-6-14-31)32-15-7-2-8-16-32)43(41-55-39)29-21-25-35(26-22-29)57(49,50)36-27-23-30(24-28-36)44-38(40(48)56-42-44)59(53,54)46(33-17-9-3-10-18-33)34-19-11-4-12-20-34/h1-28H. The maximum atomic E-state index is 14.2. The maximum absolute atomic E-state index is 14.2. The molecule has 2 aromatic heterocycles. The average Bonchev–Trinajstić information content (AvgIpc) is 3.85. The Labute approximate surface area is 337 Å². The molecule has 296 valence electrons. The predicted molar refractivity (Wildman–Crippen MR) is 205 cm³/mol. The van der Waals surface area contributed by atoms with Gasteiger partial charge in [-0.3, -0.25) is 0 Å². The molecule has 2 heterocycles. The zero-order valence-electron chi connectivity index (χ0n) is 30.2. The van der Waals surface area contributed by atoms with Gasteiger partial charge in [0.25, 0.3) is 0 Å². The number of para-hydroxylation sites is 4. The van der Waals surface area contributed by atoms with Crippen LogP contribution in [0.25, 0.3) is 11.4 Å². The Morgan fingerprint density at radius 3 is 0.949 bits per heavy atom. The second kappa shape index (κ2) is 15.2. The first-order chi connectivity index (χ1) is 28.4. The molecule has 19 heteroatoms. The van der Waals surface area contributed by atoms with Crippen LogP contribution >= 0.6 is 0 Å². The lowest BCUT2D eigenvalue weighted by Gasteiger charge is -2.22. The van der Waals surface area contributed by atoms with Crippen molar-refractivity contribution < 1.29 is 53.9 Å². The molecule has 8 aromatic rings. The van der Waals surface area contributed by atoms with Crippen molar-refractivity contribution in [3.8, 4) is 23.3 Å². The molecule has 0 bridgehead atoms. The van der Waals surface area contributed by atoms with Crippen LogP contribution in [0.3, 0.4) is 0 Å². The number of benzene rings is 6. The number of aromatic nitrogens is 4. The highest BCUT2D eigenvalue weighted by atomic mass is 32.2. The molecule has 0 radical (unpaired) electrons. The molecule has 0 fully saturated rings. The van der Waals surface area contributed by atoms with E-state index in [0.717, 1.165) is 18.0 Å². The highest BCUT2D eigenvalue weighted by Gasteiger charge is 2.41. The summed E-state index contributed by atoms with van der Waals surface area (Å²) in [5.74, 6) is -2.51. The molecular weight excluding hydrogens is 821 g/mol. The summed E-state index contributed by atoms with van der Waals surface area (Å²) in [4.78, 5) is -0.443. The van der Waals surface area contributed by atoms with Crippen molar-refractivity contribution in [2.24, 2.45) is 0 Å². The Kier molecular flexibility index (Phi) is 9.92. The number of anilines is 4. The summed E-state index contributed by atoms with van der Waals surface area (Å²) in [5, 5.41) is 31.7. The fourth-order valence-corrected chi connectivity index (χ4v) is 10.6. The molecule has 8 rings (SSSR count). The van der Waals surface area contributed by atoms with E-state index in [0.29, 0.717) is 0 Å². The van der Waals surface area contributed by atoms with Gasteiger partial charge in [0.05, 0.1) is 43.1 Å². The van der Waals surface area contributed by atoms with Crippen LogP contribution < -0.4 is 28.2 Å². The van der Waals surface area contributed by atoms with Gasteiger partial charge >= 0.3 is 30.1 Å². The molecule has 59 heavy (non-hydrogen) atoms. The summed E-state index contributed by atoms with van der Waals surface area (Å²) >= 11 is 0. The van der Waals surface area contributed by atoms with Gasteiger partial charge in [0, 0.05) is 24.3 Å². The summed E-state index contributed by atoms with van der Waals surface area (Å²) in [5.41, 5.74) is 0.908. The number of rotatable bonds is 12. The van der Waals surface area contributed by atoms with Crippen LogP contribution in [0.2, 0.25) is 0 Å². The van der Waals surface area contributed by atoms with E-state index in [1.807, 2.05) is 0 Å². The molecule has 0 amide bonds. The minimum atomic E-state index is -4.69. The van der Waals surface area contributed by atoms with Crippen molar-refractivity contribution in [3.05, 3.63) is 170 Å². The third kappa shape index (κ3) is 7.02. The van der Waals surface area contributed by atoms with E-state index in [2.05, 4.69) is 10.5 Å². The van der Waals surface area contributed by atoms with Crippen LogP contribution in [-0.4, -0.2) is 35.8 Å². The lowest BCUT2D eigenvalue weighted by molar-refractivity contribution is -0.706. The predicted octanol–water partition coefficient (Wildman–Crippen LogP) is 4.25. The van der Waals surface area contributed by atoms with E-state index in [4.69, 9.17) is 9.05 Å². The van der Waals surface area contributed by atoms with Crippen molar-refractivity contribution in [1.82, 2.24) is 10.5 Å². The third-order valence-electron chi connectivity index (χ3n) is 8.86. The zero-order chi connectivity index (χ0) is 41.4. The highest BCUT2D eigenvalue weighted by molar-refractivity contribution is 7.93. The molecule has 0 aliphatic heterocycles. The van der Waals surface area contributed by atoms with E-state index >= 15 is 0 Å². The third-order valence-corrected chi connectivity index (χ3v) is 14.1. The van der Waals surface area contributed by atoms with Crippen molar-refractivity contribution in [3.63, 3.8) is 0 Å². The first-order valence-corrected chi connectivity index (χ1v) is 21.7. The van der Waals surface area contributed by atoms with Crippen molar-refractivity contribution in [2.75, 3.05) is 8.61 Å². The van der Waals surface area contributed by atoms with Crippen LogP contribution in [-0.2, 0) is 29.9 Å². The van der Waals surface area contributed by atoms with E-state index in [9.17, 15) is 35.5 Å². The number of hydrogen-bond donors (Lipinski definition) is 0. The van der Waals surface area contributed by atoms with Crippen LogP contribution in [0.4, 0.5) is 22.7 Å². The fraction of sp³-hybridized carbons (Fsp3) is 0. The molecule has 0 spiro atoms. The molecule has 0 saturated heterocycles. The topological polar surface area (TPSA) is 215 Å². The van der Waals surface area contributed by atoms with Crippen molar-refractivity contribution >= 4 is 52.6 Å². The smallest absolute Gasteiger partial charge is 0.374 e. The number of hydrogen-bond acceptors (Lipinski definition) is 12. The molecule has 0 saturated carbocycles. The van der Waals surface area contributed by atoms with Gasteiger partial charge in [0.2, 0.25) is 21.2 Å². The van der Waals surface area contributed by atoms with Gasteiger partial charge in [-0.1, -0.05) is 72.8 Å². The largest absolute Gasteiger partial charge is 0.538 e. The Bertz CT molecular complexity index is 2810. The maximum Gasteiger partial charge on any atom is 0.374 e. The van der Waals surface area contributed by atoms with Gasteiger partial charge in [-0.25, -0.2) is 17.0 Å². The van der Waals surface area contributed by atoms with Gasteiger partial charge in [0.15, 0.2) is 11.9 Å². The summed E-state index contributed by atoms with van der Waals surface area (Å²) in [6.45, 7) is 0. The van der Waals surface area contributed by atoms with Gasteiger partial charge in [-0.15, -0.1) is 0 Å². The van der Waals surface area contributed by atoms with Crippen molar-refractivity contribution in [1.29, 1.82) is 0 Å². The molecule has 0 aliphatic carbocycles. The number of sulfonamides is 2. The molecule has 6 aromatic carbocycles. The second-order valence-electron chi connectivity index (χ2n) is 12.5. The molecule has 0 aliphatic rings. The van der Waals surface area contributed by atoms with E-state index < -0.39 is 51.8 Å². The molecule has 0 N–H and O–H groups in total. The Morgan fingerprint density at radius 2 is 0.678 bits per heavy atom. The highest BCUT2D eigenvalue weighted by Crippen LogP contribution is 2.35. The Hall–Kier alpha value is -7.35. The van der Waals surface area contributed by atoms with Gasteiger partial charge in [-0.05, 0) is 82.2 Å². The lowest BCUT2D eigenvalue weighted by atomic mass is 10.3. The van der Waals surface area contributed by atoms with Crippen LogP contribution in [0, 0.1) is 0 Å². The van der Waals surface area contributed by atoms with E-state index in [1.165, 1.54) is 48.5 Å². The normalized spacial score (nSPS) is 11.9. The average molecular weight is 849 g/mol. The molecule has 0 unspecified atom stereocenters. The SMILES string of the molecule is O=S(=O)(c1ccc(-[n+]2noc([O-])c2S(=O)(=O)N(c2ccccc2)c2ccccc2)cc1)c1ccc(-[n+]2noc([O-])c2S(=O)(=O)N(c2ccccc2)c2ccccc2)cc1. The molecule has 16 nitrogen and oxygen atoms in total. The fourth-order valence-electron chi connectivity index (χ4n) is 6.19. The van der Waals surface area contributed by atoms with Crippen LogP contribution in [0.5, 0.6) is 11.9 Å². The van der Waals surface area contributed by atoms with Crippen LogP contribution in [0.15, 0.2) is 199 Å². The monoisotopic (exact) mass is 848 g/mol. The van der Waals surface area contributed by atoms with Crippen LogP contribution in [0.1, 0.15) is 0 Å². The van der Waals surface area contributed by atoms with Gasteiger partial charge < -0.3 is 19.3 Å². The minimum Gasteiger partial charge on any atom is -0.538 e. The summed E-state index contributed by atoms with van der Waals surface area (Å²) < 4.78 is 97.7. The summed E-state index contributed by atoms with van der Waals surface area (Å²) in [7, 11) is -13.6. The van der Waals surface area contributed by atoms with Crippen molar-refractivity contribution in [2.45, 2.75) is 19.8 Å². The van der Waals surface area contributed by atoms with Gasteiger partial charge in [-0.2, -0.15) is 16.8 Å². The Morgan fingerprint density at radius 1 is 0.407 bits per heavy atom. The lowest BCUT2D eigenvalue weighted by Crippen LogP contribution is -2.42. The number of sulfone groups is 1. The molecule has 0 atom stereocenters. The number of nitrogens with zero attached hydrogens (tertiary/aromatic N) is 6. The zero-order valence-corrected chi connectivity index (χ0v) is 32.6. The van der Waals surface area contributed by atoms with Gasteiger partial charge in [0.1, 0.15) is 0 Å². The Balaban J connectivity index is 1.10.